The van der Waals surface area contributed by atoms with Crippen molar-refractivity contribution < 1.29 is 19.4 Å². The molecule has 0 spiro atoms. The number of carbonyl (C=O) groups is 2. The molecule has 92 valence electrons. The second kappa shape index (κ2) is 4.75. The molecule has 0 saturated carbocycles. The summed E-state index contributed by atoms with van der Waals surface area (Å²) in [5, 5.41) is 17.7. The van der Waals surface area contributed by atoms with Crippen LogP contribution in [0.15, 0.2) is 18.2 Å². The lowest BCUT2D eigenvalue weighted by atomic mass is 10.1. The van der Waals surface area contributed by atoms with Crippen molar-refractivity contribution >= 4 is 17.6 Å². The summed E-state index contributed by atoms with van der Waals surface area (Å²) in [7, 11) is 0. The topological polar surface area (TPSA) is 90.6 Å². The van der Waals surface area contributed by atoms with Crippen LogP contribution in [0.3, 0.4) is 0 Å². The van der Waals surface area contributed by atoms with E-state index in [4.69, 9.17) is 15.1 Å². The Morgan fingerprint density at radius 2 is 2.33 bits per heavy atom. The van der Waals surface area contributed by atoms with Crippen LogP contribution in [0.2, 0.25) is 0 Å². The lowest BCUT2D eigenvalue weighted by Gasteiger charge is -2.18. The second-order valence-corrected chi connectivity index (χ2v) is 3.72. The standard InChI is InChI=1S/C12H10N2O4/c13-4-5-14-9-7-8(12(16)17)1-2-10(9)18-6-3-11(14)15/h1-2,7H,3,5-6H2,(H,16,17). The Morgan fingerprint density at radius 1 is 1.56 bits per heavy atom. The quantitative estimate of drug-likeness (QED) is 0.787. The molecule has 0 fully saturated rings. The molecule has 0 aromatic heterocycles. The molecular formula is C12H10N2O4. The number of nitrogens with zero attached hydrogens (tertiary/aromatic N) is 2. The van der Waals surface area contributed by atoms with Crippen LogP contribution in [0.5, 0.6) is 5.75 Å². The number of fused-ring (bicyclic) bond motifs is 1. The van der Waals surface area contributed by atoms with E-state index in [0.29, 0.717) is 11.4 Å². The van der Waals surface area contributed by atoms with E-state index in [9.17, 15) is 9.59 Å². The summed E-state index contributed by atoms with van der Waals surface area (Å²) in [6.07, 6.45) is 0.165. The van der Waals surface area contributed by atoms with Crippen LogP contribution in [-0.2, 0) is 4.79 Å². The maximum atomic E-state index is 11.8. The molecule has 1 aromatic rings. The first-order valence-corrected chi connectivity index (χ1v) is 5.31. The highest BCUT2D eigenvalue weighted by atomic mass is 16.5. The minimum Gasteiger partial charge on any atom is -0.491 e. The van der Waals surface area contributed by atoms with E-state index >= 15 is 0 Å². The van der Waals surface area contributed by atoms with Gasteiger partial charge in [0.25, 0.3) is 0 Å². The van der Waals surface area contributed by atoms with Crippen LogP contribution in [0.4, 0.5) is 5.69 Å². The fourth-order valence-corrected chi connectivity index (χ4v) is 1.75. The lowest BCUT2D eigenvalue weighted by molar-refractivity contribution is -0.118. The van der Waals surface area contributed by atoms with Gasteiger partial charge in [-0.1, -0.05) is 0 Å². The third-order valence-electron chi connectivity index (χ3n) is 2.60. The highest BCUT2D eigenvalue weighted by molar-refractivity contribution is 5.98. The predicted molar refractivity (Wildman–Crippen MR) is 61.5 cm³/mol. The molecule has 0 saturated heterocycles. The zero-order valence-electron chi connectivity index (χ0n) is 9.42. The number of carbonyl (C=O) groups excluding carboxylic acids is 1. The number of ether oxygens (including phenoxy) is 1. The Bertz CT molecular complexity index is 547. The van der Waals surface area contributed by atoms with E-state index < -0.39 is 5.97 Å². The van der Waals surface area contributed by atoms with Gasteiger partial charge in [0, 0.05) is 0 Å². The minimum atomic E-state index is -1.09. The fourth-order valence-electron chi connectivity index (χ4n) is 1.75. The van der Waals surface area contributed by atoms with Crippen molar-refractivity contribution in [2.45, 2.75) is 6.42 Å². The number of hydrogen-bond acceptors (Lipinski definition) is 4. The average molecular weight is 246 g/mol. The number of aromatic carboxylic acids is 1. The van der Waals surface area contributed by atoms with Crippen molar-refractivity contribution in [1.82, 2.24) is 0 Å². The fraction of sp³-hybridized carbons (Fsp3) is 0.250. The van der Waals surface area contributed by atoms with Crippen molar-refractivity contribution in [1.29, 1.82) is 5.26 Å². The van der Waals surface area contributed by atoms with E-state index in [1.54, 1.807) is 0 Å². The van der Waals surface area contributed by atoms with Gasteiger partial charge in [-0.2, -0.15) is 5.26 Å². The van der Waals surface area contributed by atoms with Gasteiger partial charge in [-0.15, -0.1) is 0 Å². The average Bonchev–Trinajstić information content (AvgIpc) is 2.50. The van der Waals surface area contributed by atoms with Gasteiger partial charge in [0.15, 0.2) is 0 Å². The zero-order valence-corrected chi connectivity index (χ0v) is 9.42. The van der Waals surface area contributed by atoms with Crippen molar-refractivity contribution in [3.63, 3.8) is 0 Å². The molecule has 1 N–H and O–H groups in total. The van der Waals surface area contributed by atoms with Crippen LogP contribution in [0, 0.1) is 11.3 Å². The van der Waals surface area contributed by atoms with Crippen molar-refractivity contribution in [2.75, 3.05) is 18.1 Å². The zero-order chi connectivity index (χ0) is 13.1. The molecule has 2 rings (SSSR count). The number of anilines is 1. The van der Waals surface area contributed by atoms with Crippen LogP contribution in [0.25, 0.3) is 0 Å². The van der Waals surface area contributed by atoms with E-state index in [0.717, 1.165) is 0 Å². The number of rotatable bonds is 2. The third-order valence-corrected chi connectivity index (χ3v) is 2.60. The highest BCUT2D eigenvalue weighted by Crippen LogP contribution is 2.32. The van der Waals surface area contributed by atoms with E-state index in [1.165, 1.54) is 23.1 Å². The predicted octanol–water partition coefficient (Wildman–Crippen LogP) is 1.02. The maximum Gasteiger partial charge on any atom is 0.335 e. The van der Waals surface area contributed by atoms with Gasteiger partial charge in [0.2, 0.25) is 5.91 Å². The first-order chi connectivity index (χ1) is 8.63. The Kier molecular flexibility index (Phi) is 3.15. The van der Waals surface area contributed by atoms with Gasteiger partial charge in [0.1, 0.15) is 12.3 Å². The second-order valence-electron chi connectivity index (χ2n) is 3.72. The van der Waals surface area contributed by atoms with E-state index in [2.05, 4.69) is 0 Å². The SMILES string of the molecule is N#CCN1C(=O)CCOc2ccc(C(=O)O)cc21. The summed E-state index contributed by atoms with van der Waals surface area (Å²) in [6.45, 7) is 0.0957. The number of hydrogen-bond donors (Lipinski definition) is 1. The molecule has 0 radical (unpaired) electrons. The van der Waals surface area contributed by atoms with Crippen LogP contribution in [0.1, 0.15) is 16.8 Å². The number of benzene rings is 1. The first kappa shape index (κ1) is 11.9. The molecule has 6 heteroatoms. The summed E-state index contributed by atoms with van der Waals surface area (Å²) in [5.41, 5.74) is 0.383. The molecule has 6 nitrogen and oxygen atoms in total. The molecule has 1 aliphatic rings. The van der Waals surface area contributed by atoms with E-state index in [1.807, 2.05) is 6.07 Å². The molecule has 0 bridgehead atoms. The summed E-state index contributed by atoms with van der Waals surface area (Å²) in [6, 6.07) is 6.14. The van der Waals surface area contributed by atoms with Gasteiger partial charge < -0.3 is 9.84 Å². The van der Waals surface area contributed by atoms with Crippen LogP contribution >= 0.6 is 0 Å². The first-order valence-electron chi connectivity index (χ1n) is 5.31. The summed E-state index contributed by atoms with van der Waals surface area (Å²) < 4.78 is 5.37. The number of carboxylic acids is 1. The Hall–Kier alpha value is -2.55. The number of amides is 1. The Labute approximate surface area is 103 Å². The third kappa shape index (κ3) is 2.11. The monoisotopic (exact) mass is 246 g/mol. The molecule has 1 aromatic carbocycles. The van der Waals surface area contributed by atoms with Gasteiger partial charge in [-0.05, 0) is 18.2 Å². The van der Waals surface area contributed by atoms with E-state index in [-0.39, 0.29) is 31.0 Å². The molecule has 1 aliphatic heterocycles. The molecule has 0 unspecified atom stereocenters. The van der Waals surface area contributed by atoms with Gasteiger partial charge in [-0.3, -0.25) is 9.69 Å². The smallest absolute Gasteiger partial charge is 0.335 e. The Balaban J connectivity index is 2.51. The maximum absolute atomic E-state index is 11.8. The van der Waals surface area contributed by atoms with Crippen LogP contribution in [-0.4, -0.2) is 30.1 Å². The van der Waals surface area contributed by atoms with Gasteiger partial charge in [0.05, 0.1) is 30.3 Å². The van der Waals surface area contributed by atoms with Crippen molar-refractivity contribution in [3.05, 3.63) is 23.8 Å². The Morgan fingerprint density at radius 3 is 3.00 bits per heavy atom. The summed E-state index contributed by atoms with van der Waals surface area (Å²) in [4.78, 5) is 23.9. The number of carboxylic acid groups (broad SMARTS) is 1. The molecule has 18 heavy (non-hydrogen) atoms. The molecule has 1 amide bonds. The van der Waals surface area contributed by atoms with Crippen LogP contribution < -0.4 is 9.64 Å². The summed E-state index contributed by atoms with van der Waals surface area (Å²) in [5.74, 6) is -0.926. The lowest BCUT2D eigenvalue weighted by Crippen LogP contribution is -2.30. The van der Waals surface area contributed by atoms with Gasteiger partial charge >= 0.3 is 5.97 Å². The van der Waals surface area contributed by atoms with Crippen molar-refractivity contribution in [3.8, 4) is 11.8 Å². The molecule has 0 atom stereocenters. The van der Waals surface area contributed by atoms with Gasteiger partial charge in [-0.25, -0.2) is 4.79 Å². The number of nitriles is 1. The molecule has 1 heterocycles. The minimum absolute atomic E-state index is 0.0509. The molecular weight excluding hydrogens is 236 g/mol. The summed E-state index contributed by atoms with van der Waals surface area (Å²) >= 11 is 0. The normalized spacial score (nSPS) is 14.2. The highest BCUT2D eigenvalue weighted by Gasteiger charge is 2.24. The largest absolute Gasteiger partial charge is 0.491 e. The van der Waals surface area contributed by atoms with Crippen molar-refractivity contribution in [2.24, 2.45) is 0 Å². The molecule has 0 aliphatic carbocycles.